The fraction of sp³-hybridized carbons (Fsp3) is 0.300. The normalized spacial score (nSPS) is 15.2. The Bertz CT molecular complexity index is 1370. The maximum Gasteiger partial charge on any atom is 0.134 e. The zero-order valence-corrected chi connectivity index (χ0v) is 23.1. The van der Waals surface area contributed by atoms with Gasteiger partial charge in [-0.2, -0.15) is 0 Å². The topological polar surface area (TPSA) is 40.6 Å². The van der Waals surface area contributed by atoms with Gasteiger partial charge in [-0.1, -0.05) is 42.8 Å². The van der Waals surface area contributed by atoms with Gasteiger partial charge < -0.3 is 14.5 Å². The molecule has 5 nitrogen and oxygen atoms in total. The van der Waals surface area contributed by atoms with E-state index >= 15 is 0 Å². The van der Waals surface area contributed by atoms with Gasteiger partial charge in [0.15, 0.2) is 0 Å². The quantitative estimate of drug-likeness (QED) is 0.239. The summed E-state index contributed by atoms with van der Waals surface area (Å²) in [4.78, 5) is 10.7. The molecule has 1 N–H and O–H groups in total. The van der Waals surface area contributed by atoms with Crippen LogP contribution in [0, 0.1) is 0 Å². The van der Waals surface area contributed by atoms with Gasteiger partial charge in [-0.15, -0.1) is 0 Å². The largest absolute Gasteiger partial charge is 0.457 e. The molecule has 1 saturated heterocycles. The van der Waals surface area contributed by atoms with Gasteiger partial charge in [-0.3, -0.25) is 9.71 Å². The molecule has 1 unspecified atom stereocenters. The highest BCUT2D eigenvalue weighted by molar-refractivity contribution is 7.97. The number of ether oxygens (including phenoxy) is 1. The van der Waals surface area contributed by atoms with Crippen molar-refractivity contribution in [2.75, 3.05) is 38.1 Å². The number of hydrogen-bond acceptors (Lipinski definition) is 6. The lowest BCUT2D eigenvalue weighted by atomic mass is 10.1. The van der Waals surface area contributed by atoms with Crippen molar-refractivity contribution in [2.45, 2.75) is 31.2 Å². The Kier molecular flexibility index (Phi) is 8.20. The minimum Gasteiger partial charge on any atom is -0.457 e. The molecule has 0 bridgehead atoms. The zero-order chi connectivity index (χ0) is 25.8. The van der Waals surface area contributed by atoms with Crippen molar-refractivity contribution in [3.63, 3.8) is 0 Å². The highest BCUT2D eigenvalue weighted by atomic mass is 35.5. The Labute approximate surface area is 228 Å². The number of rotatable bonds is 8. The smallest absolute Gasteiger partial charge is 0.134 e. The Morgan fingerprint density at radius 3 is 2.65 bits per heavy atom. The number of piperazine rings is 1. The van der Waals surface area contributed by atoms with E-state index in [2.05, 4.69) is 77.9 Å². The minimum atomic E-state index is 0.0373. The zero-order valence-electron chi connectivity index (χ0n) is 21.6. The van der Waals surface area contributed by atoms with E-state index in [0.29, 0.717) is 0 Å². The molecule has 1 aromatic heterocycles. The van der Waals surface area contributed by atoms with E-state index < -0.39 is 0 Å². The molecule has 1 fully saturated rings. The molecule has 5 rings (SSSR count). The molecule has 7 heteroatoms. The van der Waals surface area contributed by atoms with Crippen LogP contribution < -0.4 is 14.4 Å². The molecular weight excluding hydrogens is 500 g/mol. The molecule has 0 saturated carbocycles. The molecule has 1 aliphatic heterocycles. The van der Waals surface area contributed by atoms with E-state index in [9.17, 15) is 0 Å². The minimum absolute atomic E-state index is 0.0373. The third-order valence-corrected chi connectivity index (χ3v) is 8.17. The molecule has 2 heterocycles. The third kappa shape index (κ3) is 6.04. The second-order valence-electron chi connectivity index (χ2n) is 9.48. The Morgan fingerprint density at radius 2 is 1.84 bits per heavy atom. The second-order valence-corrected chi connectivity index (χ2v) is 10.8. The predicted octanol–water partition coefficient (Wildman–Crippen LogP) is 7.35. The summed E-state index contributed by atoms with van der Waals surface area (Å²) in [5, 5.41) is 2.98. The lowest BCUT2D eigenvalue weighted by Gasteiger charge is -2.34. The fourth-order valence-electron chi connectivity index (χ4n) is 4.75. The van der Waals surface area contributed by atoms with Crippen LogP contribution in [-0.2, 0) is 6.42 Å². The number of benzene rings is 3. The van der Waals surface area contributed by atoms with E-state index in [-0.39, 0.29) is 6.04 Å². The monoisotopic (exact) mass is 532 g/mol. The maximum absolute atomic E-state index is 6.44. The molecule has 1 atom stereocenters. The van der Waals surface area contributed by atoms with Crippen molar-refractivity contribution >= 4 is 40.0 Å². The first-order valence-electron chi connectivity index (χ1n) is 12.8. The molecule has 37 heavy (non-hydrogen) atoms. The van der Waals surface area contributed by atoms with Crippen LogP contribution in [0.25, 0.3) is 10.8 Å². The number of aromatic nitrogens is 1. The second kappa shape index (κ2) is 11.7. The van der Waals surface area contributed by atoms with Gasteiger partial charge in [-0.05, 0) is 74.1 Å². The van der Waals surface area contributed by atoms with Crippen LogP contribution in [0.15, 0.2) is 77.8 Å². The third-order valence-electron chi connectivity index (χ3n) is 6.88. The van der Waals surface area contributed by atoms with Crippen molar-refractivity contribution in [3.05, 3.63) is 89.2 Å². The van der Waals surface area contributed by atoms with E-state index in [1.165, 1.54) is 5.69 Å². The average molecular weight is 533 g/mol. The Hall–Kier alpha value is -2.77. The van der Waals surface area contributed by atoms with Crippen LogP contribution in [0.4, 0.5) is 5.69 Å². The van der Waals surface area contributed by atoms with Crippen LogP contribution in [0.2, 0.25) is 5.02 Å². The van der Waals surface area contributed by atoms with Crippen LogP contribution in [0.3, 0.4) is 0 Å². The summed E-state index contributed by atoms with van der Waals surface area (Å²) in [5.41, 5.74) is 3.34. The van der Waals surface area contributed by atoms with Gasteiger partial charge in [0.25, 0.3) is 0 Å². The fourth-order valence-corrected chi connectivity index (χ4v) is 5.74. The summed E-state index contributed by atoms with van der Waals surface area (Å²) in [7, 11) is 2.18. The number of anilines is 1. The number of hydrogen-bond donors (Lipinski definition) is 1. The molecule has 0 amide bonds. The summed E-state index contributed by atoms with van der Waals surface area (Å²) in [6.07, 6.45) is 2.68. The molecule has 0 radical (unpaired) electrons. The van der Waals surface area contributed by atoms with Crippen LogP contribution >= 0.6 is 23.5 Å². The summed E-state index contributed by atoms with van der Waals surface area (Å²) in [6, 6.07) is 22.8. The van der Waals surface area contributed by atoms with E-state index in [1.54, 1.807) is 11.9 Å². The lowest BCUT2D eigenvalue weighted by molar-refractivity contribution is 0.313. The molecule has 1 aliphatic rings. The van der Waals surface area contributed by atoms with Crippen LogP contribution in [0.1, 0.15) is 31.1 Å². The highest BCUT2D eigenvalue weighted by Gasteiger charge is 2.18. The summed E-state index contributed by atoms with van der Waals surface area (Å²) < 4.78 is 10.0. The number of halogens is 1. The molecule has 4 aromatic rings. The van der Waals surface area contributed by atoms with Crippen molar-refractivity contribution < 1.29 is 4.74 Å². The van der Waals surface area contributed by atoms with Gasteiger partial charge in [0.05, 0.1) is 11.7 Å². The first-order valence-corrected chi connectivity index (χ1v) is 14.0. The Balaban J connectivity index is 1.30. The predicted molar refractivity (Wildman–Crippen MR) is 156 cm³/mol. The van der Waals surface area contributed by atoms with Gasteiger partial charge in [-0.25, -0.2) is 0 Å². The number of nitrogens with one attached hydrogen (secondary N) is 1. The summed E-state index contributed by atoms with van der Waals surface area (Å²) >= 11 is 7.94. The number of nitrogens with zero attached hydrogens (tertiary/aromatic N) is 3. The SMILES string of the molecule is CCc1c(Oc2cccc(N3CCN(C)CC3)c2)ccnc1C(C)NSc1ccc2c(Cl)cccc2c1. The van der Waals surface area contributed by atoms with E-state index in [4.69, 9.17) is 21.3 Å². The molecule has 3 aromatic carbocycles. The van der Waals surface area contributed by atoms with Crippen molar-refractivity contribution in [1.82, 2.24) is 14.6 Å². The molecular formula is C30H33ClN4OS. The van der Waals surface area contributed by atoms with Crippen molar-refractivity contribution in [3.8, 4) is 11.5 Å². The number of likely N-dealkylation sites (N-methyl/N-ethyl adjacent to an activating group) is 1. The number of pyridine rings is 1. The van der Waals surface area contributed by atoms with E-state index in [0.717, 1.165) is 76.0 Å². The van der Waals surface area contributed by atoms with Gasteiger partial charge in [0, 0.05) is 65.0 Å². The van der Waals surface area contributed by atoms with Crippen LogP contribution in [0.5, 0.6) is 11.5 Å². The summed E-state index contributed by atoms with van der Waals surface area (Å²) in [6.45, 7) is 8.52. The van der Waals surface area contributed by atoms with Gasteiger partial charge >= 0.3 is 0 Å². The Morgan fingerprint density at radius 1 is 1.03 bits per heavy atom. The van der Waals surface area contributed by atoms with Crippen LogP contribution in [-0.4, -0.2) is 43.1 Å². The molecule has 192 valence electrons. The summed E-state index contributed by atoms with van der Waals surface area (Å²) in [5.74, 6) is 1.72. The van der Waals surface area contributed by atoms with Gasteiger partial charge in [0.2, 0.25) is 0 Å². The van der Waals surface area contributed by atoms with E-state index in [1.807, 2.05) is 30.5 Å². The van der Waals surface area contributed by atoms with Gasteiger partial charge in [0.1, 0.15) is 11.5 Å². The maximum atomic E-state index is 6.44. The van der Waals surface area contributed by atoms with Crippen molar-refractivity contribution in [1.29, 1.82) is 0 Å². The first-order chi connectivity index (χ1) is 18.0. The standard InChI is InChI=1S/C30H33ClN4OS/c1-4-26-29(36-24-9-6-8-23(20-24)35-17-15-34(3)16-18-35)13-14-32-30(26)21(2)33-37-25-11-12-27-22(19-25)7-5-10-28(27)31/h5-14,19-21,33H,4,15-18H2,1-3H3. The molecule has 0 spiro atoms. The lowest BCUT2D eigenvalue weighted by Crippen LogP contribution is -2.44. The number of fused-ring (bicyclic) bond motifs is 1. The average Bonchev–Trinajstić information content (AvgIpc) is 2.92. The molecule has 0 aliphatic carbocycles. The van der Waals surface area contributed by atoms with Crippen molar-refractivity contribution in [2.24, 2.45) is 0 Å². The first kappa shape index (κ1) is 25.9. The highest BCUT2D eigenvalue weighted by Crippen LogP contribution is 2.33.